The first-order valence-corrected chi connectivity index (χ1v) is 7.79. The minimum Gasteiger partial charge on any atom is -0.446 e. The minimum atomic E-state index is -0.289. The van der Waals surface area contributed by atoms with E-state index in [9.17, 15) is 0 Å². The van der Waals surface area contributed by atoms with Gasteiger partial charge >= 0.3 is 0 Å². The Labute approximate surface area is 139 Å². The molecule has 0 aromatic heterocycles. The van der Waals surface area contributed by atoms with Crippen molar-refractivity contribution in [3.8, 4) is 11.5 Å². The van der Waals surface area contributed by atoms with Gasteiger partial charge in [0.15, 0.2) is 5.75 Å². The van der Waals surface area contributed by atoms with E-state index in [1.54, 1.807) is 0 Å². The van der Waals surface area contributed by atoms with Crippen LogP contribution in [0.4, 0.5) is 0 Å². The third-order valence-corrected chi connectivity index (χ3v) is 3.30. The Kier molecular flexibility index (Phi) is 5.50. The molecular formula is C18H19BrO3. The van der Waals surface area contributed by atoms with E-state index in [1.165, 1.54) is 0 Å². The highest BCUT2D eigenvalue weighted by molar-refractivity contribution is 9.11. The predicted octanol–water partition coefficient (Wildman–Crippen LogP) is 5.69. The molecule has 22 heavy (non-hydrogen) atoms. The van der Waals surface area contributed by atoms with E-state index in [1.807, 2.05) is 81.4 Å². The summed E-state index contributed by atoms with van der Waals surface area (Å²) in [5.41, 5.74) is -0.289. The first-order valence-electron chi connectivity index (χ1n) is 6.99. The summed E-state index contributed by atoms with van der Waals surface area (Å²) in [6.45, 7) is 6.06. The fourth-order valence-electron chi connectivity index (χ4n) is 1.66. The van der Waals surface area contributed by atoms with E-state index in [0.29, 0.717) is 16.2 Å². The molecule has 2 rings (SSSR count). The van der Waals surface area contributed by atoms with Crippen molar-refractivity contribution >= 4 is 15.9 Å². The monoisotopic (exact) mass is 362 g/mol. The second kappa shape index (κ2) is 7.36. The Morgan fingerprint density at radius 1 is 0.818 bits per heavy atom. The van der Waals surface area contributed by atoms with Crippen LogP contribution in [0.25, 0.3) is 0 Å². The number of ether oxygens (including phenoxy) is 1. The standard InChI is InChI=1S/C18H19BrO3/c1-18(2,3)16(22-21-15-12-8-5-9-13-15)17(19)20-14-10-6-4-7-11-14/h4-13H,1-3H3. The van der Waals surface area contributed by atoms with Crippen LogP contribution in [-0.4, -0.2) is 0 Å². The molecule has 0 unspecified atom stereocenters. The number of rotatable bonds is 5. The molecule has 0 aliphatic heterocycles. The Balaban J connectivity index is 2.16. The molecule has 0 aliphatic carbocycles. The fraction of sp³-hybridized carbons (Fsp3) is 0.222. The molecule has 0 N–H and O–H groups in total. The molecule has 0 saturated heterocycles. The van der Waals surface area contributed by atoms with E-state index >= 15 is 0 Å². The topological polar surface area (TPSA) is 27.7 Å². The highest BCUT2D eigenvalue weighted by Crippen LogP contribution is 2.33. The van der Waals surface area contributed by atoms with Crippen LogP contribution in [0.1, 0.15) is 20.8 Å². The summed E-state index contributed by atoms with van der Waals surface area (Å²) in [5, 5.41) is 0. The predicted molar refractivity (Wildman–Crippen MR) is 90.6 cm³/mol. The lowest BCUT2D eigenvalue weighted by atomic mass is 9.95. The number of hydrogen-bond acceptors (Lipinski definition) is 3. The second-order valence-electron chi connectivity index (χ2n) is 5.75. The summed E-state index contributed by atoms with van der Waals surface area (Å²) in [4.78, 5) is 10.9. The van der Waals surface area contributed by atoms with Gasteiger partial charge < -0.3 is 4.74 Å². The van der Waals surface area contributed by atoms with E-state index in [2.05, 4.69) is 15.9 Å². The van der Waals surface area contributed by atoms with Crippen LogP contribution in [0.15, 0.2) is 71.1 Å². The zero-order chi connectivity index (χ0) is 16.0. The van der Waals surface area contributed by atoms with Crippen molar-refractivity contribution in [2.45, 2.75) is 20.8 Å². The molecule has 0 amide bonds. The smallest absolute Gasteiger partial charge is 0.213 e. The van der Waals surface area contributed by atoms with Crippen molar-refractivity contribution in [1.29, 1.82) is 0 Å². The summed E-state index contributed by atoms with van der Waals surface area (Å²) in [6.07, 6.45) is 0. The molecule has 0 fully saturated rings. The molecule has 0 heterocycles. The van der Waals surface area contributed by atoms with Gasteiger partial charge in [0.25, 0.3) is 0 Å². The van der Waals surface area contributed by atoms with Crippen molar-refractivity contribution in [3.63, 3.8) is 0 Å². The normalized spacial score (nSPS) is 12.4. The lowest BCUT2D eigenvalue weighted by Gasteiger charge is -2.22. The van der Waals surface area contributed by atoms with Gasteiger partial charge in [-0.3, -0.25) is 9.78 Å². The van der Waals surface area contributed by atoms with Crippen molar-refractivity contribution in [2.24, 2.45) is 5.41 Å². The summed E-state index contributed by atoms with van der Waals surface area (Å²) in [6, 6.07) is 18.8. The van der Waals surface area contributed by atoms with Crippen LogP contribution in [0.5, 0.6) is 11.5 Å². The lowest BCUT2D eigenvalue weighted by molar-refractivity contribution is -0.183. The maximum atomic E-state index is 5.78. The van der Waals surface area contributed by atoms with Crippen molar-refractivity contribution in [3.05, 3.63) is 71.1 Å². The number of allylic oxidation sites excluding steroid dienone is 1. The third kappa shape index (κ3) is 4.81. The minimum absolute atomic E-state index is 0.289. The van der Waals surface area contributed by atoms with Gasteiger partial charge in [0.2, 0.25) is 10.4 Å². The quantitative estimate of drug-likeness (QED) is 0.388. The third-order valence-electron chi connectivity index (χ3n) is 2.77. The van der Waals surface area contributed by atoms with E-state index in [4.69, 9.17) is 14.5 Å². The summed E-state index contributed by atoms with van der Waals surface area (Å²) < 4.78 is 6.27. The molecule has 2 aromatic carbocycles. The maximum absolute atomic E-state index is 5.78. The Bertz CT molecular complexity index is 616. The van der Waals surface area contributed by atoms with Crippen LogP contribution in [-0.2, 0) is 4.89 Å². The van der Waals surface area contributed by atoms with Crippen LogP contribution < -0.4 is 9.62 Å². The molecule has 4 heteroatoms. The van der Waals surface area contributed by atoms with Gasteiger partial charge in [-0.25, -0.2) is 0 Å². The Morgan fingerprint density at radius 2 is 1.32 bits per heavy atom. The van der Waals surface area contributed by atoms with Crippen LogP contribution in [0.2, 0.25) is 0 Å². The van der Waals surface area contributed by atoms with Gasteiger partial charge in [0, 0.05) is 5.41 Å². The molecule has 0 saturated carbocycles. The molecular weight excluding hydrogens is 344 g/mol. The van der Waals surface area contributed by atoms with Gasteiger partial charge in [-0.2, -0.15) is 0 Å². The Morgan fingerprint density at radius 3 is 1.82 bits per heavy atom. The summed E-state index contributed by atoms with van der Waals surface area (Å²) in [5.74, 6) is 1.92. The second-order valence-corrected chi connectivity index (χ2v) is 6.47. The van der Waals surface area contributed by atoms with Gasteiger partial charge in [-0.1, -0.05) is 57.2 Å². The number of para-hydroxylation sites is 2. The SMILES string of the molecule is CC(C)(C)C(OOc1ccccc1)=C(Br)Oc1ccccc1. The average molecular weight is 363 g/mol. The summed E-state index contributed by atoms with van der Waals surface area (Å²) >= 11 is 3.44. The zero-order valence-electron chi connectivity index (χ0n) is 12.9. The lowest BCUT2D eigenvalue weighted by Crippen LogP contribution is -2.17. The van der Waals surface area contributed by atoms with Crippen LogP contribution in [0, 0.1) is 5.41 Å². The fourth-order valence-corrected chi connectivity index (χ4v) is 2.50. The molecule has 0 atom stereocenters. The first kappa shape index (κ1) is 16.4. The van der Waals surface area contributed by atoms with Crippen LogP contribution >= 0.6 is 15.9 Å². The number of halogens is 1. The van der Waals surface area contributed by atoms with Gasteiger partial charge in [-0.05, 0) is 40.2 Å². The average Bonchev–Trinajstić information content (AvgIpc) is 2.48. The van der Waals surface area contributed by atoms with Crippen LogP contribution in [0.3, 0.4) is 0 Å². The zero-order valence-corrected chi connectivity index (χ0v) is 14.5. The van der Waals surface area contributed by atoms with Crippen molar-refractivity contribution < 1.29 is 14.5 Å². The maximum Gasteiger partial charge on any atom is 0.213 e. The first-order chi connectivity index (χ1) is 10.5. The van der Waals surface area contributed by atoms with Crippen molar-refractivity contribution in [1.82, 2.24) is 0 Å². The number of benzene rings is 2. The highest BCUT2D eigenvalue weighted by atomic mass is 79.9. The molecule has 3 nitrogen and oxygen atoms in total. The molecule has 0 aliphatic rings. The van der Waals surface area contributed by atoms with Gasteiger partial charge in [-0.15, -0.1) is 0 Å². The molecule has 0 radical (unpaired) electrons. The van der Waals surface area contributed by atoms with E-state index in [-0.39, 0.29) is 5.41 Å². The highest BCUT2D eigenvalue weighted by Gasteiger charge is 2.26. The van der Waals surface area contributed by atoms with E-state index < -0.39 is 0 Å². The van der Waals surface area contributed by atoms with E-state index in [0.717, 1.165) is 5.75 Å². The molecule has 0 bridgehead atoms. The largest absolute Gasteiger partial charge is 0.446 e. The molecule has 0 spiro atoms. The van der Waals surface area contributed by atoms with Gasteiger partial charge in [0.05, 0.1) is 0 Å². The van der Waals surface area contributed by atoms with Crippen molar-refractivity contribution in [2.75, 3.05) is 0 Å². The molecule has 116 valence electrons. The van der Waals surface area contributed by atoms with Gasteiger partial charge in [0.1, 0.15) is 5.75 Å². The Hall–Kier alpha value is -1.94. The summed E-state index contributed by atoms with van der Waals surface area (Å²) in [7, 11) is 0. The molecule has 2 aromatic rings. The number of hydrogen-bond donors (Lipinski definition) is 0.